The molecule has 0 aliphatic rings. The highest BCUT2D eigenvalue weighted by Crippen LogP contribution is 2.26. The van der Waals surface area contributed by atoms with Crippen molar-refractivity contribution in [2.45, 2.75) is 4.90 Å². The predicted octanol–water partition coefficient (Wildman–Crippen LogP) is 2.13. The summed E-state index contributed by atoms with van der Waals surface area (Å²) in [6.45, 7) is 0. The number of rotatable bonds is 5. The number of nitro benzene ring substituents is 1. The molecule has 12 heteroatoms. The molecule has 0 unspecified atom stereocenters. The summed E-state index contributed by atoms with van der Waals surface area (Å²) in [5.41, 5.74) is 6.27. The van der Waals surface area contributed by atoms with Gasteiger partial charge in [0.15, 0.2) is 0 Å². The largest absolute Gasteiger partial charge is 0.398 e. The van der Waals surface area contributed by atoms with Crippen molar-refractivity contribution in [1.29, 1.82) is 0 Å². The van der Waals surface area contributed by atoms with Crippen molar-refractivity contribution in [2.24, 2.45) is 5.10 Å². The van der Waals surface area contributed by atoms with Gasteiger partial charge in [0.25, 0.3) is 15.7 Å². The fourth-order valence-electron chi connectivity index (χ4n) is 2.27. The molecule has 0 aliphatic carbocycles. The van der Waals surface area contributed by atoms with E-state index in [0.29, 0.717) is 20.8 Å². The van der Waals surface area contributed by atoms with E-state index in [0.717, 1.165) is 18.2 Å². The van der Waals surface area contributed by atoms with Crippen LogP contribution >= 0.6 is 11.6 Å². The van der Waals surface area contributed by atoms with E-state index in [2.05, 4.69) is 10.1 Å². The van der Waals surface area contributed by atoms with Gasteiger partial charge in [0.05, 0.1) is 33.7 Å². The minimum absolute atomic E-state index is 0.121. The molecule has 10 nitrogen and oxygen atoms in total. The molecule has 0 radical (unpaired) electrons. The molecule has 3 rings (SSSR count). The molecule has 140 valence electrons. The van der Waals surface area contributed by atoms with Crippen molar-refractivity contribution in [3.63, 3.8) is 0 Å². The average Bonchev–Trinajstić information content (AvgIpc) is 3.01. The standard InChI is InChI=1S/C15H13ClN6O4S/c1-20(19-8-12-7-18-15-5-2-10(16)9-21(12)15)27(25,26)14-6-11(22(23)24)3-4-13(14)17/h2-9H,17H2,1H3. The van der Waals surface area contributed by atoms with Gasteiger partial charge in [-0.05, 0) is 18.2 Å². The molecule has 0 spiro atoms. The number of nitrogens with zero attached hydrogens (tertiary/aromatic N) is 5. The maximum Gasteiger partial charge on any atom is 0.281 e. The molecule has 2 N–H and O–H groups in total. The van der Waals surface area contributed by atoms with E-state index in [1.165, 1.54) is 19.5 Å². The molecule has 0 bridgehead atoms. The van der Waals surface area contributed by atoms with E-state index in [9.17, 15) is 18.5 Å². The Hall–Kier alpha value is -3.18. The Morgan fingerprint density at radius 1 is 1.37 bits per heavy atom. The van der Waals surface area contributed by atoms with Gasteiger partial charge in [-0.2, -0.15) is 17.9 Å². The predicted molar refractivity (Wildman–Crippen MR) is 100 cm³/mol. The van der Waals surface area contributed by atoms with E-state index in [1.54, 1.807) is 22.7 Å². The third-order valence-corrected chi connectivity index (χ3v) is 5.61. The smallest absolute Gasteiger partial charge is 0.281 e. The highest BCUT2D eigenvalue weighted by molar-refractivity contribution is 7.89. The molecule has 0 amide bonds. The molecule has 2 heterocycles. The van der Waals surface area contributed by atoms with E-state index in [-0.39, 0.29) is 5.69 Å². The van der Waals surface area contributed by atoms with Gasteiger partial charge in [-0.25, -0.2) is 4.98 Å². The SMILES string of the molecule is CN(N=Cc1cnc2ccc(Cl)cn12)S(=O)(=O)c1cc([N+](=O)[O-])ccc1N. The first-order chi connectivity index (χ1) is 12.7. The highest BCUT2D eigenvalue weighted by Gasteiger charge is 2.25. The minimum Gasteiger partial charge on any atom is -0.398 e. The van der Waals surface area contributed by atoms with Crippen LogP contribution in [-0.2, 0) is 10.0 Å². The van der Waals surface area contributed by atoms with Crippen molar-refractivity contribution in [3.8, 4) is 0 Å². The molecule has 0 atom stereocenters. The zero-order valence-corrected chi connectivity index (χ0v) is 15.4. The van der Waals surface area contributed by atoms with E-state index < -0.39 is 25.5 Å². The first-order valence-electron chi connectivity index (χ1n) is 7.39. The number of imidazole rings is 1. The lowest BCUT2D eigenvalue weighted by molar-refractivity contribution is -0.385. The number of fused-ring (bicyclic) bond motifs is 1. The number of nitro groups is 1. The number of non-ortho nitro benzene ring substituents is 1. The van der Waals surface area contributed by atoms with Crippen LogP contribution in [0.1, 0.15) is 5.69 Å². The number of pyridine rings is 1. The van der Waals surface area contributed by atoms with E-state index in [4.69, 9.17) is 17.3 Å². The zero-order valence-electron chi connectivity index (χ0n) is 13.9. The van der Waals surface area contributed by atoms with Crippen LogP contribution in [0, 0.1) is 10.1 Å². The van der Waals surface area contributed by atoms with E-state index >= 15 is 0 Å². The number of halogens is 1. The Labute approximate surface area is 158 Å². The van der Waals surface area contributed by atoms with Gasteiger partial charge in [-0.1, -0.05) is 11.6 Å². The summed E-state index contributed by atoms with van der Waals surface area (Å²) in [5, 5.41) is 15.3. The monoisotopic (exact) mass is 408 g/mol. The Bertz CT molecular complexity index is 1170. The van der Waals surface area contributed by atoms with Crippen LogP contribution in [0.4, 0.5) is 11.4 Å². The average molecular weight is 409 g/mol. The van der Waals surface area contributed by atoms with Crippen LogP contribution in [0.3, 0.4) is 0 Å². The Morgan fingerprint density at radius 3 is 2.81 bits per heavy atom. The Kier molecular flexibility index (Phi) is 4.72. The van der Waals surface area contributed by atoms with Gasteiger partial charge in [0.1, 0.15) is 10.5 Å². The quantitative estimate of drug-likeness (QED) is 0.297. The van der Waals surface area contributed by atoms with Crippen LogP contribution in [0.2, 0.25) is 5.02 Å². The second kappa shape index (κ2) is 6.85. The van der Waals surface area contributed by atoms with Crippen LogP contribution < -0.4 is 5.73 Å². The summed E-state index contributed by atoms with van der Waals surface area (Å²) in [5.74, 6) is 0. The number of sulfonamides is 1. The van der Waals surface area contributed by atoms with Crippen molar-refractivity contribution in [2.75, 3.05) is 12.8 Å². The third kappa shape index (κ3) is 3.55. The summed E-state index contributed by atoms with van der Waals surface area (Å²) in [7, 11) is -3.00. The van der Waals surface area contributed by atoms with Crippen molar-refractivity contribution >= 4 is 44.9 Å². The highest BCUT2D eigenvalue weighted by atomic mass is 35.5. The van der Waals surface area contributed by atoms with Gasteiger partial charge < -0.3 is 5.73 Å². The molecule has 1 aromatic carbocycles. The molecule has 3 aromatic rings. The van der Waals surface area contributed by atoms with Crippen LogP contribution in [0.25, 0.3) is 5.65 Å². The molecule has 0 aliphatic heterocycles. The number of hydrogen-bond acceptors (Lipinski definition) is 7. The van der Waals surface area contributed by atoms with Crippen molar-refractivity contribution in [3.05, 3.63) is 63.6 Å². The number of anilines is 1. The fraction of sp³-hybridized carbons (Fsp3) is 0.0667. The molecule has 0 saturated carbocycles. The Balaban J connectivity index is 1.96. The maximum atomic E-state index is 12.7. The fourth-order valence-corrected chi connectivity index (χ4v) is 3.53. The van der Waals surface area contributed by atoms with Gasteiger partial charge in [-0.3, -0.25) is 14.5 Å². The van der Waals surface area contributed by atoms with Crippen LogP contribution in [0.5, 0.6) is 0 Å². The minimum atomic E-state index is -4.19. The summed E-state index contributed by atoms with van der Waals surface area (Å²) in [4.78, 5) is 13.9. The van der Waals surface area contributed by atoms with Gasteiger partial charge in [0, 0.05) is 25.4 Å². The van der Waals surface area contributed by atoms with Gasteiger partial charge in [-0.15, -0.1) is 0 Å². The van der Waals surface area contributed by atoms with Crippen LogP contribution in [0.15, 0.2) is 52.7 Å². The molecule has 27 heavy (non-hydrogen) atoms. The second-order valence-corrected chi connectivity index (χ2v) is 7.78. The maximum absolute atomic E-state index is 12.7. The van der Waals surface area contributed by atoms with Gasteiger partial charge in [0.2, 0.25) is 0 Å². The number of nitrogen functional groups attached to an aromatic ring is 1. The van der Waals surface area contributed by atoms with Crippen molar-refractivity contribution in [1.82, 2.24) is 13.8 Å². The first kappa shape index (κ1) is 18.6. The summed E-state index contributed by atoms with van der Waals surface area (Å²) < 4.78 is 27.6. The number of hydrogen-bond donors (Lipinski definition) is 1. The number of nitrogens with two attached hydrogens (primary N) is 1. The lowest BCUT2D eigenvalue weighted by Crippen LogP contribution is -2.23. The number of benzene rings is 1. The zero-order chi connectivity index (χ0) is 19.8. The molecule has 0 saturated heterocycles. The summed E-state index contributed by atoms with van der Waals surface area (Å²) in [6.07, 6.45) is 4.39. The molecular weight excluding hydrogens is 396 g/mol. The first-order valence-corrected chi connectivity index (χ1v) is 9.21. The number of hydrazone groups is 1. The lowest BCUT2D eigenvalue weighted by Gasteiger charge is -2.14. The summed E-state index contributed by atoms with van der Waals surface area (Å²) >= 11 is 5.95. The topological polar surface area (TPSA) is 136 Å². The van der Waals surface area contributed by atoms with Crippen molar-refractivity contribution < 1.29 is 13.3 Å². The lowest BCUT2D eigenvalue weighted by atomic mass is 10.3. The van der Waals surface area contributed by atoms with Crippen LogP contribution in [-0.4, -0.2) is 40.4 Å². The number of aromatic nitrogens is 2. The van der Waals surface area contributed by atoms with E-state index in [1.807, 2.05) is 0 Å². The molecule has 2 aromatic heterocycles. The Morgan fingerprint density at radius 2 is 2.11 bits per heavy atom. The summed E-state index contributed by atoms with van der Waals surface area (Å²) in [6, 6.07) is 6.55. The molecule has 0 fully saturated rings. The normalized spacial score (nSPS) is 11.9. The molecular formula is C15H13ClN6O4S. The second-order valence-electron chi connectivity index (χ2n) is 5.42. The van der Waals surface area contributed by atoms with Gasteiger partial charge >= 0.3 is 0 Å². The third-order valence-electron chi connectivity index (χ3n) is 3.68.